The fourth-order valence-corrected chi connectivity index (χ4v) is 1.65. The molecule has 1 aromatic carbocycles. The maximum atomic E-state index is 12.1. The fraction of sp³-hybridized carbons (Fsp3) is 0.385. The van der Waals surface area contributed by atoms with E-state index in [4.69, 9.17) is 10.8 Å². The molecule has 0 aliphatic carbocycles. The Balaban J connectivity index is 2.85. The van der Waals surface area contributed by atoms with Crippen molar-refractivity contribution in [1.82, 2.24) is 10.6 Å². The number of benzene rings is 1. The molecular formula is C13H19N3O3. The van der Waals surface area contributed by atoms with Gasteiger partial charge in [0, 0.05) is 0 Å². The first-order valence-corrected chi connectivity index (χ1v) is 6.10. The van der Waals surface area contributed by atoms with E-state index in [1.807, 2.05) is 13.0 Å². The molecule has 6 nitrogen and oxygen atoms in total. The molecule has 0 aliphatic rings. The van der Waals surface area contributed by atoms with Gasteiger partial charge in [-0.1, -0.05) is 37.3 Å². The molecule has 19 heavy (non-hydrogen) atoms. The summed E-state index contributed by atoms with van der Waals surface area (Å²) in [6.07, 6.45) is 0.598. The second-order valence-corrected chi connectivity index (χ2v) is 4.15. The van der Waals surface area contributed by atoms with Gasteiger partial charge in [-0.2, -0.15) is 0 Å². The van der Waals surface area contributed by atoms with Gasteiger partial charge in [-0.15, -0.1) is 0 Å². The van der Waals surface area contributed by atoms with E-state index in [0.29, 0.717) is 12.0 Å². The van der Waals surface area contributed by atoms with Crippen LogP contribution in [0.4, 0.5) is 4.79 Å². The third kappa shape index (κ3) is 4.59. The topological polar surface area (TPSA) is 104 Å². The van der Waals surface area contributed by atoms with Crippen molar-refractivity contribution in [3.05, 3.63) is 35.9 Å². The summed E-state index contributed by atoms with van der Waals surface area (Å²) >= 11 is 0. The Labute approximate surface area is 112 Å². The number of primary amides is 1. The number of carbonyl (C=O) groups is 2. The molecule has 1 rings (SSSR count). The van der Waals surface area contributed by atoms with Crippen LogP contribution in [0, 0.1) is 0 Å². The van der Waals surface area contributed by atoms with E-state index in [1.165, 1.54) is 0 Å². The molecule has 5 N–H and O–H groups in total. The van der Waals surface area contributed by atoms with Crippen LogP contribution < -0.4 is 16.4 Å². The molecule has 0 aromatic heterocycles. The number of nitrogens with one attached hydrogen (secondary N) is 2. The SMILES string of the molecule is CCC(CO)NC(=O)C(NC(N)=O)c1ccccc1. The number of nitrogens with two attached hydrogens (primary N) is 1. The largest absolute Gasteiger partial charge is 0.394 e. The highest BCUT2D eigenvalue weighted by Gasteiger charge is 2.23. The quantitative estimate of drug-likeness (QED) is 0.594. The minimum atomic E-state index is -0.862. The monoisotopic (exact) mass is 265 g/mol. The summed E-state index contributed by atoms with van der Waals surface area (Å²) in [4.78, 5) is 23.1. The van der Waals surface area contributed by atoms with Crippen molar-refractivity contribution in [3.8, 4) is 0 Å². The normalized spacial score (nSPS) is 13.4. The van der Waals surface area contributed by atoms with Crippen LogP contribution in [0.2, 0.25) is 0 Å². The summed E-state index contributed by atoms with van der Waals surface area (Å²) in [5.41, 5.74) is 5.72. The van der Waals surface area contributed by atoms with Gasteiger partial charge in [-0.05, 0) is 12.0 Å². The fourth-order valence-electron chi connectivity index (χ4n) is 1.65. The third-order valence-electron chi connectivity index (χ3n) is 2.74. The maximum absolute atomic E-state index is 12.1. The first-order valence-electron chi connectivity index (χ1n) is 6.10. The molecule has 3 amide bonds. The highest BCUT2D eigenvalue weighted by molar-refractivity contribution is 5.87. The zero-order valence-corrected chi connectivity index (χ0v) is 10.8. The zero-order chi connectivity index (χ0) is 14.3. The Hall–Kier alpha value is -2.08. The lowest BCUT2D eigenvalue weighted by molar-refractivity contribution is -0.124. The number of amides is 3. The van der Waals surface area contributed by atoms with Gasteiger partial charge >= 0.3 is 6.03 Å². The van der Waals surface area contributed by atoms with Crippen molar-refractivity contribution in [2.75, 3.05) is 6.61 Å². The van der Waals surface area contributed by atoms with Gasteiger partial charge in [-0.25, -0.2) is 4.79 Å². The van der Waals surface area contributed by atoms with Crippen molar-refractivity contribution in [2.24, 2.45) is 5.73 Å². The summed E-state index contributed by atoms with van der Waals surface area (Å²) in [5.74, 6) is -0.397. The molecular weight excluding hydrogens is 246 g/mol. The average Bonchev–Trinajstić information content (AvgIpc) is 2.42. The van der Waals surface area contributed by atoms with Gasteiger partial charge in [0.05, 0.1) is 12.6 Å². The molecule has 0 saturated carbocycles. The molecule has 6 heteroatoms. The molecule has 2 atom stereocenters. The van der Waals surface area contributed by atoms with E-state index in [9.17, 15) is 9.59 Å². The summed E-state index contributed by atoms with van der Waals surface area (Å²) < 4.78 is 0. The number of urea groups is 1. The van der Waals surface area contributed by atoms with E-state index >= 15 is 0 Å². The summed E-state index contributed by atoms with van der Waals surface area (Å²) in [7, 11) is 0. The predicted octanol–water partition coefficient (Wildman–Crippen LogP) is 0.283. The zero-order valence-electron chi connectivity index (χ0n) is 10.8. The highest BCUT2D eigenvalue weighted by Crippen LogP contribution is 2.13. The van der Waals surface area contributed by atoms with Gasteiger partial charge in [0.2, 0.25) is 5.91 Å². The van der Waals surface area contributed by atoms with Crippen molar-refractivity contribution >= 4 is 11.9 Å². The van der Waals surface area contributed by atoms with Crippen LogP contribution in [-0.2, 0) is 4.79 Å². The molecule has 0 aliphatic heterocycles. The number of aliphatic hydroxyl groups excluding tert-OH is 1. The van der Waals surface area contributed by atoms with Crippen LogP contribution >= 0.6 is 0 Å². The molecule has 0 heterocycles. The smallest absolute Gasteiger partial charge is 0.313 e. The number of aliphatic hydroxyl groups is 1. The molecule has 0 fully saturated rings. The van der Waals surface area contributed by atoms with Crippen LogP contribution in [0.15, 0.2) is 30.3 Å². The first-order chi connectivity index (χ1) is 9.08. The molecule has 0 spiro atoms. The van der Waals surface area contributed by atoms with Gasteiger partial charge in [-0.3, -0.25) is 4.79 Å². The summed E-state index contributed by atoms with van der Waals surface area (Å²) in [6.45, 7) is 1.69. The summed E-state index contributed by atoms with van der Waals surface area (Å²) in [5, 5.41) is 14.1. The third-order valence-corrected chi connectivity index (χ3v) is 2.74. The Morgan fingerprint density at radius 3 is 2.37 bits per heavy atom. The van der Waals surface area contributed by atoms with Crippen molar-refractivity contribution in [2.45, 2.75) is 25.4 Å². The summed E-state index contributed by atoms with van der Waals surface area (Å²) in [6, 6.07) is 6.81. The predicted molar refractivity (Wildman–Crippen MR) is 71.2 cm³/mol. The number of rotatable bonds is 6. The van der Waals surface area contributed by atoms with Crippen molar-refractivity contribution in [1.29, 1.82) is 0 Å². The number of hydrogen-bond acceptors (Lipinski definition) is 3. The minimum Gasteiger partial charge on any atom is -0.394 e. The Morgan fingerprint density at radius 1 is 1.26 bits per heavy atom. The van der Waals surface area contributed by atoms with E-state index < -0.39 is 18.0 Å². The molecule has 0 saturated heterocycles. The van der Waals surface area contributed by atoms with E-state index in [2.05, 4.69) is 10.6 Å². The maximum Gasteiger partial charge on any atom is 0.313 e. The van der Waals surface area contributed by atoms with Gasteiger partial charge in [0.15, 0.2) is 0 Å². The van der Waals surface area contributed by atoms with E-state index in [-0.39, 0.29) is 12.6 Å². The van der Waals surface area contributed by atoms with Crippen LogP contribution in [-0.4, -0.2) is 29.7 Å². The standard InChI is InChI=1S/C13H19N3O3/c1-2-10(8-17)15-12(18)11(16-13(14)19)9-6-4-3-5-7-9/h3-7,10-11,17H,2,8H2,1H3,(H,15,18)(H3,14,16,19). The van der Waals surface area contributed by atoms with Crippen molar-refractivity contribution < 1.29 is 14.7 Å². The molecule has 0 bridgehead atoms. The lowest BCUT2D eigenvalue weighted by atomic mass is 10.1. The second-order valence-electron chi connectivity index (χ2n) is 4.15. The average molecular weight is 265 g/mol. The molecule has 2 unspecified atom stereocenters. The lowest BCUT2D eigenvalue weighted by Gasteiger charge is -2.21. The second kappa shape index (κ2) is 7.38. The molecule has 0 radical (unpaired) electrons. The van der Waals surface area contributed by atoms with Gasteiger partial charge in [0.1, 0.15) is 6.04 Å². The number of hydrogen-bond donors (Lipinski definition) is 4. The van der Waals surface area contributed by atoms with Crippen LogP contribution in [0.1, 0.15) is 24.9 Å². The molecule has 104 valence electrons. The minimum absolute atomic E-state index is 0.152. The Morgan fingerprint density at radius 2 is 1.89 bits per heavy atom. The van der Waals surface area contributed by atoms with E-state index in [1.54, 1.807) is 24.3 Å². The first kappa shape index (κ1) is 15.0. The van der Waals surface area contributed by atoms with Gasteiger partial charge < -0.3 is 21.5 Å². The van der Waals surface area contributed by atoms with E-state index in [0.717, 1.165) is 0 Å². The lowest BCUT2D eigenvalue weighted by Crippen LogP contribution is -2.46. The Kier molecular flexibility index (Phi) is 5.81. The number of carbonyl (C=O) groups excluding carboxylic acids is 2. The highest BCUT2D eigenvalue weighted by atomic mass is 16.3. The molecule has 1 aromatic rings. The van der Waals surface area contributed by atoms with Gasteiger partial charge in [0.25, 0.3) is 0 Å². The van der Waals surface area contributed by atoms with Crippen LogP contribution in [0.5, 0.6) is 0 Å². The van der Waals surface area contributed by atoms with Crippen LogP contribution in [0.3, 0.4) is 0 Å². The Bertz CT molecular complexity index is 418. The van der Waals surface area contributed by atoms with Crippen molar-refractivity contribution in [3.63, 3.8) is 0 Å². The van der Waals surface area contributed by atoms with Crippen LogP contribution in [0.25, 0.3) is 0 Å².